The molecule has 1 aliphatic rings. The van der Waals surface area contributed by atoms with Gasteiger partial charge < -0.3 is 14.8 Å². The quantitative estimate of drug-likeness (QED) is 0.630. The Hall–Kier alpha value is -2.55. The predicted molar refractivity (Wildman–Crippen MR) is 118 cm³/mol. The van der Waals surface area contributed by atoms with Gasteiger partial charge >= 0.3 is 6.09 Å². The van der Waals surface area contributed by atoms with Gasteiger partial charge in [-0.15, -0.1) is 0 Å². The molecule has 0 aliphatic heterocycles. The van der Waals surface area contributed by atoms with E-state index in [0.717, 1.165) is 11.1 Å². The number of imidazole rings is 1. The van der Waals surface area contributed by atoms with Crippen molar-refractivity contribution >= 4 is 17.3 Å². The van der Waals surface area contributed by atoms with E-state index in [1.807, 2.05) is 13.0 Å². The number of ether oxygens (including phenoxy) is 2. The fraction of sp³-hybridized carbons (Fsp3) is 0.609. The van der Waals surface area contributed by atoms with Crippen molar-refractivity contribution in [3.8, 4) is 0 Å². The summed E-state index contributed by atoms with van der Waals surface area (Å²) in [5.41, 5.74) is 2.05. The van der Waals surface area contributed by atoms with E-state index < -0.39 is 23.7 Å². The van der Waals surface area contributed by atoms with E-state index in [-0.39, 0.29) is 31.6 Å². The van der Waals surface area contributed by atoms with Crippen LogP contribution >= 0.6 is 0 Å². The zero-order chi connectivity index (χ0) is 23.5. The number of nitrogens with one attached hydrogen (secondary N) is 1. The average molecular weight is 451 g/mol. The Kier molecular flexibility index (Phi) is 7.17. The maximum Gasteiger partial charge on any atom is 0.408 e. The summed E-state index contributed by atoms with van der Waals surface area (Å²) in [6.45, 7) is 12.2. The summed E-state index contributed by atoms with van der Waals surface area (Å²) in [6.07, 6.45) is 2.94. The maximum absolute atomic E-state index is 13.7. The molecule has 2 heterocycles. The van der Waals surface area contributed by atoms with E-state index in [9.17, 15) is 13.6 Å². The Labute approximate surface area is 187 Å². The molecule has 1 fully saturated rings. The predicted octanol–water partition coefficient (Wildman–Crippen LogP) is 5.17. The molecule has 176 valence electrons. The minimum atomic E-state index is -2.66. The fourth-order valence-corrected chi connectivity index (χ4v) is 3.81. The fourth-order valence-electron chi connectivity index (χ4n) is 3.81. The van der Waals surface area contributed by atoms with Gasteiger partial charge in [0.15, 0.2) is 5.65 Å². The Bertz CT molecular complexity index is 958. The van der Waals surface area contributed by atoms with Crippen molar-refractivity contribution in [3.63, 3.8) is 0 Å². The summed E-state index contributed by atoms with van der Waals surface area (Å²) in [6, 6.07) is 1.29. The van der Waals surface area contributed by atoms with E-state index in [1.54, 1.807) is 37.7 Å². The van der Waals surface area contributed by atoms with Gasteiger partial charge in [0.2, 0.25) is 5.92 Å². The third kappa shape index (κ3) is 6.25. The normalized spacial score (nSPS) is 17.8. The molecule has 1 saturated carbocycles. The van der Waals surface area contributed by atoms with Crippen molar-refractivity contribution in [3.05, 3.63) is 36.3 Å². The second kappa shape index (κ2) is 9.52. The monoisotopic (exact) mass is 450 g/mol. The van der Waals surface area contributed by atoms with Gasteiger partial charge in [-0.25, -0.2) is 23.1 Å². The van der Waals surface area contributed by atoms with Crippen molar-refractivity contribution < 1.29 is 23.0 Å². The highest BCUT2D eigenvalue weighted by Crippen LogP contribution is 2.41. The van der Waals surface area contributed by atoms with E-state index in [1.165, 1.54) is 0 Å². The zero-order valence-electron chi connectivity index (χ0n) is 19.2. The van der Waals surface area contributed by atoms with Gasteiger partial charge in [0.1, 0.15) is 5.60 Å². The lowest BCUT2D eigenvalue weighted by molar-refractivity contribution is -0.0500. The molecule has 1 amide bonds. The van der Waals surface area contributed by atoms with Crippen LogP contribution in [0.1, 0.15) is 70.7 Å². The molecule has 0 bridgehead atoms. The molecule has 0 aromatic carbocycles. The summed E-state index contributed by atoms with van der Waals surface area (Å²) in [4.78, 5) is 17.2. The van der Waals surface area contributed by atoms with Crippen LogP contribution in [-0.4, -0.2) is 45.4 Å². The smallest absolute Gasteiger partial charge is 0.408 e. The van der Waals surface area contributed by atoms with Crippen LogP contribution in [-0.2, 0) is 9.47 Å². The molecule has 0 radical (unpaired) electrons. The topological polar surface area (TPSA) is 77.8 Å². The molecular weight excluding hydrogens is 418 g/mol. The lowest BCUT2D eigenvalue weighted by atomic mass is 9.81. The summed E-state index contributed by atoms with van der Waals surface area (Å²) in [7, 11) is 0. The first-order chi connectivity index (χ1) is 15.0. The Morgan fingerprint density at radius 1 is 1.38 bits per heavy atom. The SMILES string of the molecule is C=C(COCC)c1cnn2cc(C(NC(=O)OC(C)(C)C)C3CCC(F)(F)CC3)nc2c1. The Morgan fingerprint density at radius 3 is 2.69 bits per heavy atom. The molecule has 1 aliphatic carbocycles. The zero-order valence-corrected chi connectivity index (χ0v) is 19.2. The molecule has 1 N–H and O–H groups in total. The van der Waals surface area contributed by atoms with E-state index >= 15 is 0 Å². The van der Waals surface area contributed by atoms with Crippen LogP contribution in [0.3, 0.4) is 0 Å². The summed E-state index contributed by atoms with van der Waals surface area (Å²) < 4.78 is 39.9. The number of hydrogen-bond donors (Lipinski definition) is 1. The molecule has 0 spiro atoms. The Balaban J connectivity index is 1.87. The third-order valence-corrected chi connectivity index (χ3v) is 5.45. The van der Waals surface area contributed by atoms with Crippen molar-refractivity contribution in [2.75, 3.05) is 13.2 Å². The lowest BCUT2D eigenvalue weighted by Crippen LogP contribution is -2.40. The van der Waals surface area contributed by atoms with Crippen LogP contribution in [0.15, 0.2) is 25.0 Å². The first-order valence-corrected chi connectivity index (χ1v) is 11.0. The first kappa shape index (κ1) is 24.1. The average Bonchev–Trinajstić information content (AvgIpc) is 3.12. The van der Waals surface area contributed by atoms with Gasteiger partial charge in [0.05, 0.1) is 30.7 Å². The number of carbonyl (C=O) groups is 1. The standard InChI is InChI=1S/C23H32F2N4O3/c1-6-31-14-15(2)17-11-19-27-18(13-29(19)26-12-17)20(28-21(30)32-22(3,4)5)16-7-9-23(24,25)10-8-16/h11-13,16,20H,2,6-10,14H2,1,3-5H3,(H,28,30). The molecule has 7 nitrogen and oxygen atoms in total. The highest BCUT2D eigenvalue weighted by molar-refractivity contribution is 5.69. The maximum atomic E-state index is 13.7. The van der Waals surface area contributed by atoms with E-state index in [4.69, 9.17) is 9.47 Å². The Morgan fingerprint density at radius 2 is 2.06 bits per heavy atom. The van der Waals surface area contributed by atoms with Gasteiger partial charge in [-0.3, -0.25) is 0 Å². The molecule has 2 aromatic heterocycles. The van der Waals surface area contributed by atoms with Crippen LogP contribution < -0.4 is 5.32 Å². The number of alkyl carbamates (subject to hydrolysis) is 1. The number of rotatable bonds is 7. The molecule has 2 aromatic rings. The van der Waals surface area contributed by atoms with Crippen molar-refractivity contribution in [1.82, 2.24) is 19.9 Å². The number of alkyl halides is 2. The van der Waals surface area contributed by atoms with Crippen LogP contribution in [0.4, 0.5) is 13.6 Å². The number of nitrogens with zero attached hydrogens (tertiary/aromatic N) is 3. The minimum Gasteiger partial charge on any atom is -0.444 e. The van der Waals surface area contributed by atoms with Gasteiger partial charge in [-0.1, -0.05) is 6.58 Å². The highest BCUT2D eigenvalue weighted by Gasteiger charge is 2.39. The number of halogens is 2. The number of carbonyl (C=O) groups excluding carboxylic acids is 1. The van der Waals surface area contributed by atoms with Gasteiger partial charge in [0.25, 0.3) is 0 Å². The van der Waals surface area contributed by atoms with Crippen LogP contribution in [0.5, 0.6) is 0 Å². The molecule has 1 atom stereocenters. The summed E-state index contributed by atoms with van der Waals surface area (Å²) >= 11 is 0. The van der Waals surface area contributed by atoms with E-state index in [0.29, 0.717) is 24.6 Å². The van der Waals surface area contributed by atoms with Crippen molar-refractivity contribution in [2.45, 2.75) is 70.9 Å². The van der Waals surface area contributed by atoms with Crippen LogP contribution in [0.2, 0.25) is 0 Å². The molecule has 3 rings (SSSR count). The van der Waals surface area contributed by atoms with Crippen LogP contribution in [0.25, 0.3) is 11.2 Å². The van der Waals surface area contributed by atoms with Crippen molar-refractivity contribution in [1.29, 1.82) is 0 Å². The van der Waals surface area contributed by atoms with Crippen LogP contribution in [0, 0.1) is 5.92 Å². The molecular formula is C23H32F2N4O3. The summed E-state index contributed by atoms with van der Waals surface area (Å²) in [5, 5.41) is 7.26. The number of aromatic nitrogens is 3. The van der Waals surface area contributed by atoms with Gasteiger partial charge in [-0.2, -0.15) is 5.10 Å². The molecule has 1 unspecified atom stereocenters. The third-order valence-electron chi connectivity index (χ3n) is 5.45. The number of hydrogen-bond acceptors (Lipinski definition) is 5. The van der Waals surface area contributed by atoms with E-state index in [2.05, 4.69) is 22.0 Å². The minimum absolute atomic E-state index is 0.181. The second-order valence-electron chi connectivity index (χ2n) is 9.27. The highest BCUT2D eigenvalue weighted by atomic mass is 19.3. The van der Waals surface area contributed by atoms with Gasteiger partial charge in [0, 0.05) is 25.0 Å². The van der Waals surface area contributed by atoms with Gasteiger partial charge in [-0.05, 0) is 58.1 Å². The van der Waals surface area contributed by atoms with Crippen molar-refractivity contribution in [2.24, 2.45) is 5.92 Å². The number of fused-ring (bicyclic) bond motifs is 1. The summed E-state index contributed by atoms with van der Waals surface area (Å²) in [5.74, 6) is -2.84. The molecule has 0 saturated heterocycles. The first-order valence-electron chi connectivity index (χ1n) is 11.0. The molecule has 32 heavy (non-hydrogen) atoms. The number of amides is 1. The second-order valence-corrected chi connectivity index (χ2v) is 9.27. The lowest BCUT2D eigenvalue weighted by Gasteiger charge is -2.33. The largest absolute Gasteiger partial charge is 0.444 e. The molecule has 9 heteroatoms.